The highest BCUT2D eigenvalue weighted by Gasteiger charge is 2.44. The van der Waals surface area contributed by atoms with Crippen molar-refractivity contribution < 1.29 is 34.6 Å². The van der Waals surface area contributed by atoms with E-state index in [1.165, 1.54) is 7.11 Å². The van der Waals surface area contributed by atoms with Crippen LogP contribution in [0.5, 0.6) is 11.5 Å². The average molecular weight is 326 g/mol. The fourth-order valence-corrected chi connectivity index (χ4v) is 2.35. The zero-order chi connectivity index (χ0) is 17.0. The summed E-state index contributed by atoms with van der Waals surface area (Å²) in [6.07, 6.45) is -2.99. The molecule has 0 aromatic heterocycles. The Kier molecular flexibility index (Phi) is 5.97. The number of ether oxygens (including phenoxy) is 3. The largest absolute Gasteiger partial charge is 0.497 e. The normalized spacial score (nSPS) is 31.3. The van der Waals surface area contributed by atoms with Gasteiger partial charge in [-0.1, -0.05) is 12.2 Å². The van der Waals surface area contributed by atoms with Gasteiger partial charge in [0.2, 0.25) is 6.29 Å². The molecule has 0 aliphatic carbocycles. The summed E-state index contributed by atoms with van der Waals surface area (Å²) in [5, 5.41) is 38.8. The van der Waals surface area contributed by atoms with Gasteiger partial charge in [0.15, 0.2) is 0 Å². The van der Waals surface area contributed by atoms with Crippen molar-refractivity contribution in [3.8, 4) is 11.5 Å². The Hall–Kier alpha value is -1.64. The van der Waals surface area contributed by atoms with Crippen molar-refractivity contribution in [2.24, 2.45) is 0 Å². The van der Waals surface area contributed by atoms with Gasteiger partial charge in [0.25, 0.3) is 0 Å². The van der Waals surface area contributed by atoms with Crippen LogP contribution in [0.2, 0.25) is 0 Å². The van der Waals surface area contributed by atoms with Crippen molar-refractivity contribution in [3.05, 3.63) is 29.8 Å². The Morgan fingerprint density at radius 3 is 2.52 bits per heavy atom. The van der Waals surface area contributed by atoms with Crippen molar-refractivity contribution in [1.29, 1.82) is 0 Å². The highest BCUT2D eigenvalue weighted by atomic mass is 16.7. The molecule has 0 bridgehead atoms. The maximum atomic E-state index is 10.0. The van der Waals surface area contributed by atoms with Gasteiger partial charge in [-0.05, 0) is 19.1 Å². The summed E-state index contributed by atoms with van der Waals surface area (Å²) in [7, 11) is 1.52. The molecular formula is C16H22O7. The summed E-state index contributed by atoms with van der Waals surface area (Å²) in [5.41, 5.74) is 0.727. The molecule has 0 spiro atoms. The number of hydrogen-bond acceptors (Lipinski definition) is 7. The predicted octanol–water partition coefficient (Wildman–Crippen LogP) is -0.0930. The van der Waals surface area contributed by atoms with E-state index in [2.05, 4.69) is 0 Å². The SMILES string of the molecule is CC=Cc1ccc(OC)cc1O[C@@H]1O[C@H](CO)[C@@H](O)[C@H](O)[C@H]1O. The van der Waals surface area contributed by atoms with Crippen LogP contribution >= 0.6 is 0 Å². The average Bonchev–Trinajstić information content (AvgIpc) is 2.57. The molecule has 1 aliphatic heterocycles. The molecule has 23 heavy (non-hydrogen) atoms. The molecule has 2 rings (SSSR count). The lowest BCUT2D eigenvalue weighted by Crippen LogP contribution is -2.60. The highest BCUT2D eigenvalue weighted by molar-refractivity contribution is 5.59. The van der Waals surface area contributed by atoms with E-state index in [1.807, 2.05) is 13.0 Å². The van der Waals surface area contributed by atoms with Gasteiger partial charge in [-0.25, -0.2) is 0 Å². The number of methoxy groups -OCH3 is 1. The number of aliphatic hydroxyl groups is 4. The van der Waals surface area contributed by atoms with Gasteiger partial charge in [0.1, 0.15) is 35.9 Å². The molecule has 1 saturated heterocycles. The van der Waals surface area contributed by atoms with Crippen LogP contribution in [0.4, 0.5) is 0 Å². The third-order valence-corrected chi connectivity index (χ3v) is 3.66. The molecular weight excluding hydrogens is 304 g/mol. The molecule has 0 saturated carbocycles. The topological polar surface area (TPSA) is 109 Å². The van der Waals surface area contributed by atoms with Crippen LogP contribution in [-0.4, -0.2) is 64.8 Å². The van der Waals surface area contributed by atoms with E-state index in [-0.39, 0.29) is 0 Å². The molecule has 1 aromatic rings. The first-order valence-electron chi connectivity index (χ1n) is 7.29. The number of benzene rings is 1. The molecule has 0 radical (unpaired) electrons. The van der Waals surface area contributed by atoms with Crippen molar-refractivity contribution >= 4 is 6.08 Å². The van der Waals surface area contributed by atoms with E-state index < -0.39 is 37.3 Å². The zero-order valence-corrected chi connectivity index (χ0v) is 13.0. The van der Waals surface area contributed by atoms with Gasteiger partial charge < -0.3 is 34.6 Å². The molecule has 1 aromatic carbocycles. The fourth-order valence-electron chi connectivity index (χ4n) is 2.35. The minimum absolute atomic E-state index is 0.381. The number of rotatable bonds is 5. The zero-order valence-electron chi connectivity index (χ0n) is 13.0. The van der Waals surface area contributed by atoms with Crippen molar-refractivity contribution in [2.75, 3.05) is 13.7 Å². The molecule has 1 aliphatic rings. The van der Waals surface area contributed by atoms with Gasteiger partial charge in [0, 0.05) is 11.6 Å². The summed E-state index contributed by atoms with van der Waals surface area (Å²) in [4.78, 5) is 0. The van der Waals surface area contributed by atoms with Crippen LogP contribution in [0, 0.1) is 0 Å². The van der Waals surface area contributed by atoms with Crippen LogP contribution in [0.3, 0.4) is 0 Å². The predicted molar refractivity (Wildman–Crippen MR) is 82.1 cm³/mol. The first kappa shape index (κ1) is 17.7. The maximum Gasteiger partial charge on any atom is 0.229 e. The molecule has 128 valence electrons. The van der Waals surface area contributed by atoms with E-state index >= 15 is 0 Å². The van der Waals surface area contributed by atoms with Gasteiger partial charge in [-0.2, -0.15) is 0 Å². The van der Waals surface area contributed by atoms with Crippen LogP contribution in [-0.2, 0) is 4.74 Å². The van der Waals surface area contributed by atoms with Crippen LogP contribution < -0.4 is 9.47 Å². The van der Waals surface area contributed by atoms with E-state index in [0.29, 0.717) is 11.5 Å². The maximum absolute atomic E-state index is 10.0. The second-order valence-corrected chi connectivity index (χ2v) is 5.22. The summed E-state index contributed by atoms with van der Waals surface area (Å²) in [5.74, 6) is 0.935. The summed E-state index contributed by atoms with van der Waals surface area (Å²) >= 11 is 0. The Balaban J connectivity index is 2.26. The third kappa shape index (κ3) is 3.82. The van der Waals surface area contributed by atoms with Crippen LogP contribution in [0.15, 0.2) is 24.3 Å². The van der Waals surface area contributed by atoms with Gasteiger partial charge >= 0.3 is 0 Å². The van der Waals surface area contributed by atoms with Gasteiger partial charge in [-0.3, -0.25) is 0 Å². The first-order chi connectivity index (χ1) is 11.0. The molecule has 4 N–H and O–H groups in total. The van der Waals surface area contributed by atoms with Gasteiger partial charge in [0.05, 0.1) is 13.7 Å². The Labute approximate surface area is 134 Å². The molecule has 0 unspecified atom stereocenters. The second kappa shape index (κ2) is 7.76. The van der Waals surface area contributed by atoms with E-state index in [1.54, 1.807) is 24.3 Å². The summed E-state index contributed by atoms with van der Waals surface area (Å²) in [6, 6.07) is 5.16. The molecule has 0 amide bonds. The third-order valence-electron chi connectivity index (χ3n) is 3.66. The Morgan fingerprint density at radius 1 is 1.17 bits per heavy atom. The summed E-state index contributed by atoms with van der Waals surface area (Å²) < 4.78 is 16.2. The van der Waals surface area contributed by atoms with Crippen LogP contribution in [0.1, 0.15) is 12.5 Å². The highest BCUT2D eigenvalue weighted by Crippen LogP contribution is 2.30. The van der Waals surface area contributed by atoms with Crippen molar-refractivity contribution in [2.45, 2.75) is 37.6 Å². The van der Waals surface area contributed by atoms with Crippen molar-refractivity contribution in [3.63, 3.8) is 0 Å². The molecule has 5 atom stereocenters. The lowest BCUT2D eigenvalue weighted by molar-refractivity contribution is -0.277. The number of allylic oxidation sites excluding steroid dienone is 1. The second-order valence-electron chi connectivity index (χ2n) is 5.22. The molecule has 7 heteroatoms. The van der Waals surface area contributed by atoms with Gasteiger partial charge in [-0.15, -0.1) is 0 Å². The smallest absolute Gasteiger partial charge is 0.229 e. The number of hydrogen-bond donors (Lipinski definition) is 4. The Morgan fingerprint density at radius 2 is 1.91 bits per heavy atom. The standard InChI is InChI=1S/C16H22O7/c1-3-4-9-5-6-10(21-2)7-11(9)22-16-15(20)14(19)13(18)12(8-17)23-16/h3-7,12-20H,8H2,1-2H3/t12-,13-,14+,15-,16-/m1/s1. The Bertz CT molecular complexity index is 543. The number of aliphatic hydroxyl groups excluding tert-OH is 4. The van der Waals surface area contributed by atoms with Crippen LogP contribution in [0.25, 0.3) is 6.08 Å². The molecule has 1 fully saturated rings. The van der Waals surface area contributed by atoms with E-state index in [9.17, 15) is 20.4 Å². The van der Waals surface area contributed by atoms with Crippen molar-refractivity contribution in [1.82, 2.24) is 0 Å². The monoisotopic (exact) mass is 326 g/mol. The fraction of sp³-hybridized carbons (Fsp3) is 0.500. The summed E-state index contributed by atoms with van der Waals surface area (Å²) in [6.45, 7) is 1.34. The minimum atomic E-state index is -1.48. The lowest BCUT2D eigenvalue weighted by atomic mass is 9.99. The van der Waals surface area contributed by atoms with E-state index in [4.69, 9.17) is 14.2 Å². The molecule has 1 heterocycles. The minimum Gasteiger partial charge on any atom is -0.497 e. The molecule has 7 nitrogen and oxygen atoms in total. The quantitative estimate of drug-likeness (QED) is 0.599. The van der Waals surface area contributed by atoms with E-state index in [0.717, 1.165) is 5.56 Å². The first-order valence-corrected chi connectivity index (χ1v) is 7.29. The lowest BCUT2D eigenvalue weighted by Gasteiger charge is -2.39.